The first-order valence-electron chi connectivity index (χ1n) is 14.5. The molecule has 0 aliphatic carbocycles. The molecule has 0 aromatic heterocycles. The van der Waals surface area contributed by atoms with Crippen LogP contribution in [0.3, 0.4) is 0 Å². The number of carboxylic acid groups (broad SMARTS) is 1. The SMILES string of the molecule is O=CCCCCN(Cc1ccc(C(=O)O)cc1)CC(OCc1ccc(CCc2ccccc2)cc1)c1ccc(F)cc1. The average Bonchev–Trinajstić information content (AvgIpc) is 3.02. The summed E-state index contributed by atoms with van der Waals surface area (Å²) in [6.07, 6.45) is 4.73. The van der Waals surface area contributed by atoms with Crippen LogP contribution in [-0.4, -0.2) is 35.4 Å². The van der Waals surface area contributed by atoms with Crippen LogP contribution in [0.15, 0.2) is 103 Å². The predicted molar refractivity (Wildman–Crippen MR) is 163 cm³/mol. The quantitative estimate of drug-likeness (QED) is 0.106. The molecule has 0 aliphatic heterocycles. The van der Waals surface area contributed by atoms with Gasteiger partial charge in [0.15, 0.2) is 0 Å². The second-order valence-electron chi connectivity index (χ2n) is 10.6. The fourth-order valence-corrected chi connectivity index (χ4v) is 4.91. The minimum Gasteiger partial charge on any atom is -0.478 e. The van der Waals surface area contributed by atoms with Gasteiger partial charge in [0.1, 0.15) is 12.1 Å². The van der Waals surface area contributed by atoms with Gasteiger partial charge in [0.05, 0.1) is 18.3 Å². The third-order valence-corrected chi connectivity index (χ3v) is 7.34. The standard InChI is InChI=1S/C36H38FNO4/c37-34-21-19-32(20-22-34)35(42-27-31-13-11-29(12-14-31)10-9-28-7-3-1-4-8-28)26-38(23-5-2-6-24-39)25-30-15-17-33(18-16-30)36(40)41/h1,3-4,7-8,11-22,24,35H,2,5-6,9-10,23,25-27H2,(H,40,41). The van der Waals surface area contributed by atoms with Crippen molar-refractivity contribution >= 4 is 12.3 Å². The molecule has 42 heavy (non-hydrogen) atoms. The van der Waals surface area contributed by atoms with Crippen molar-refractivity contribution < 1.29 is 23.8 Å². The lowest BCUT2D eigenvalue weighted by molar-refractivity contribution is -0.108. The Morgan fingerprint density at radius 3 is 2.05 bits per heavy atom. The number of ether oxygens (including phenoxy) is 1. The number of hydrogen-bond donors (Lipinski definition) is 1. The molecular weight excluding hydrogens is 529 g/mol. The molecule has 0 spiro atoms. The van der Waals surface area contributed by atoms with Gasteiger partial charge in [0.25, 0.3) is 0 Å². The van der Waals surface area contributed by atoms with Crippen molar-refractivity contribution in [1.29, 1.82) is 0 Å². The Hall–Kier alpha value is -4.13. The molecule has 218 valence electrons. The van der Waals surface area contributed by atoms with Crippen molar-refractivity contribution in [3.63, 3.8) is 0 Å². The van der Waals surface area contributed by atoms with Crippen molar-refractivity contribution in [2.75, 3.05) is 13.1 Å². The molecule has 4 aromatic carbocycles. The maximum atomic E-state index is 13.8. The molecule has 0 aliphatic rings. The summed E-state index contributed by atoms with van der Waals surface area (Å²) in [5.74, 6) is -1.26. The highest BCUT2D eigenvalue weighted by molar-refractivity contribution is 5.87. The zero-order valence-electron chi connectivity index (χ0n) is 23.8. The average molecular weight is 568 g/mol. The van der Waals surface area contributed by atoms with Crippen LogP contribution < -0.4 is 0 Å². The number of aldehydes is 1. The first-order chi connectivity index (χ1) is 20.5. The van der Waals surface area contributed by atoms with Crippen LogP contribution in [0.25, 0.3) is 0 Å². The molecule has 0 saturated carbocycles. The van der Waals surface area contributed by atoms with Gasteiger partial charge < -0.3 is 14.6 Å². The Morgan fingerprint density at radius 2 is 1.40 bits per heavy atom. The Kier molecular flexibility index (Phi) is 12.0. The van der Waals surface area contributed by atoms with E-state index in [9.17, 15) is 19.1 Å². The first-order valence-corrected chi connectivity index (χ1v) is 14.5. The zero-order valence-corrected chi connectivity index (χ0v) is 23.8. The minimum atomic E-state index is -0.957. The molecule has 0 saturated heterocycles. The highest BCUT2D eigenvalue weighted by atomic mass is 19.1. The van der Waals surface area contributed by atoms with Crippen molar-refractivity contribution in [2.24, 2.45) is 0 Å². The van der Waals surface area contributed by atoms with Gasteiger partial charge in [-0.05, 0) is 84.3 Å². The molecule has 6 heteroatoms. The molecule has 0 heterocycles. The Morgan fingerprint density at radius 1 is 0.786 bits per heavy atom. The van der Waals surface area contributed by atoms with Crippen LogP contribution in [0, 0.1) is 5.82 Å². The lowest BCUT2D eigenvalue weighted by atomic mass is 10.0. The normalized spacial score (nSPS) is 11.9. The Bertz CT molecular complexity index is 1370. The summed E-state index contributed by atoms with van der Waals surface area (Å²) in [6.45, 7) is 2.31. The van der Waals surface area contributed by atoms with E-state index in [2.05, 4.69) is 53.4 Å². The fourth-order valence-electron chi connectivity index (χ4n) is 4.91. The Balaban J connectivity index is 1.44. The van der Waals surface area contributed by atoms with Crippen LogP contribution in [0.1, 0.15) is 63.5 Å². The summed E-state index contributed by atoms with van der Waals surface area (Å²) in [6, 6.07) is 32.3. The van der Waals surface area contributed by atoms with Gasteiger partial charge in [-0.15, -0.1) is 0 Å². The number of carbonyl (C=O) groups is 2. The smallest absolute Gasteiger partial charge is 0.335 e. The molecule has 0 amide bonds. The van der Waals surface area contributed by atoms with Gasteiger partial charge in [-0.2, -0.15) is 0 Å². The molecule has 0 fully saturated rings. The van der Waals surface area contributed by atoms with Crippen molar-refractivity contribution in [3.05, 3.63) is 142 Å². The molecule has 4 rings (SSSR count). The van der Waals surface area contributed by atoms with E-state index in [0.29, 0.717) is 26.1 Å². The van der Waals surface area contributed by atoms with Gasteiger partial charge in [-0.25, -0.2) is 9.18 Å². The maximum Gasteiger partial charge on any atom is 0.335 e. The zero-order chi connectivity index (χ0) is 29.6. The summed E-state index contributed by atoms with van der Waals surface area (Å²) in [5.41, 5.74) is 5.77. The monoisotopic (exact) mass is 567 g/mol. The van der Waals surface area contributed by atoms with E-state index in [-0.39, 0.29) is 17.5 Å². The fraction of sp³-hybridized carbons (Fsp3) is 0.278. The van der Waals surface area contributed by atoms with Gasteiger partial charge in [-0.3, -0.25) is 4.90 Å². The second kappa shape index (κ2) is 16.3. The molecule has 1 atom stereocenters. The lowest BCUT2D eigenvalue weighted by Gasteiger charge is -2.28. The van der Waals surface area contributed by atoms with E-state index in [1.54, 1.807) is 24.3 Å². The predicted octanol–water partition coefficient (Wildman–Crippen LogP) is 7.44. The van der Waals surface area contributed by atoms with Gasteiger partial charge in [-0.1, -0.05) is 78.9 Å². The van der Waals surface area contributed by atoms with Crippen molar-refractivity contribution in [3.8, 4) is 0 Å². The third-order valence-electron chi connectivity index (χ3n) is 7.34. The number of unbranched alkanes of at least 4 members (excludes halogenated alkanes) is 2. The second-order valence-corrected chi connectivity index (χ2v) is 10.6. The number of rotatable bonds is 17. The van der Waals surface area contributed by atoms with Gasteiger partial charge in [0, 0.05) is 19.5 Å². The number of nitrogens with zero attached hydrogens (tertiary/aromatic N) is 1. The van der Waals surface area contributed by atoms with E-state index >= 15 is 0 Å². The molecular formula is C36H38FNO4. The van der Waals surface area contributed by atoms with Crippen molar-refractivity contribution in [2.45, 2.75) is 51.4 Å². The maximum absolute atomic E-state index is 13.8. The van der Waals surface area contributed by atoms with Crippen molar-refractivity contribution in [1.82, 2.24) is 4.90 Å². The van der Waals surface area contributed by atoms with E-state index in [4.69, 9.17) is 4.74 Å². The summed E-state index contributed by atoms with van der Waals surface area (Å²) in [4.78, 5) is 24.4. The van der Waals surface area contributed by atoms with Gasteiger partial charge in [0.2, 0.25) is 0 Å². The highest BCUT2D eigenvalue weighted by Gasteiger charge is 2.18. The highest BCUT2D eigenvalue weighted by Crippen LogP contribution is 2.23. The third kappa shape index (κ3) is 10.1. The number of aromatic carboxylic acids is 1. The lowest BCUT2D eigenvalue weighted by Crippen LogP contribution is -2.30. The molecule has 4 aromatic rings. The number of aryl methyl sites for hydroxylation is 2. The number of carbonyl (C=O) groups excluding carboxylic acids is 1. The number of benzene rings is 4. The van der Waals surface area contributed by atoms with E-state index in [1.165, 1.54) is 23.3 Å². The van der Waals surface area contributed by atoms with Crippen LogP contribution in [-0.2, 0) is 35.5 Å². The summed E-state index contributed by atoms with van der Waals surface area (Å²) in [5, 5.41) is 9.25. The summed E-state index contributed by atoms with van der Waals surface area (Å²) in [7, 11) is 0. The van der Waals surface area contributed by atoms with Gasteiger partial charge >= 0.3 is 5.97 Å². The van der Waals surface area contributed by atoms with Crippen LogP contribution in [0.5, 0.6) is 0 Å². The largest absolute Gasteiger partial charge is 0.478 e. The topological polar surface area (TPSA) is 66.8 Å². The molecule has 0 bridgehead atoms. The first kappa shape index (κ1) is 30.8. The van der Waals surface area contributed by atoms with Crippen LogP contribution in [0.4, 0.5) is 4.39 Å². The summed E-state index contributed by atoms with van der Waals surface area (Å²) < 4.78 is 20.2. The number of hydrogen-bond acceptors (Lipinski definition) is 4. The molecule has 1 N–H and O–H groups in total. The van der Waals surface area contributed by atoms with Crippen LogP contribution in [0.2, 0.25) is 0 Å². The molecule has 1 unspecified atom stereocenters. The van der Waals surface area contributed by atoms with Crippen LogP contribution >= 0.6 is 0 Å². The number of carboxylic acids is 1. The summed E-state index contributed by atoms with van der Waals surface area (Å²) >= 11 is 0. The Labute approximate surface area is 247 Å². The molecule has 5 nitrogen and oxygen atoms in total. The minimum absolute atomic E-state index is 0.245. The van der Waals surface area contributed by atoms with E-state index < -0.39 is 5.97 Å². The van der Waals surface area contributed by atoms with E-state index in [0.717, 1.165) is 55.2 Å². The number of halogens is 1. The molecule has 0 radical (unpaired) electrons. The van der Waals surface area contributed by atoms with E-state index in [1.807, 2.05) is 18.2 Å².